The molecule has 0 saturated carbocycles. The number of aliphatic carboxylic acids is 1. The van der Waals surface area contributed by atoms with E-state index in [1.165, 1.54) is 5.41 Å². The SMILES string of the molecule is O=C(O)CCCC=CCC1C2CCC(O2)C1NS(=O)(=O)C=Cc1cccc(Br)c1. The number of nitrogens with one attached hydrogen (secondary N) is 1. The summed E-state index contributed by atoms with van der Waals surface area (Å²) in [5, 5.41) is 9.88. The van der Waals surface area contributed by atoms with E-state index in [9.17, 15) is 13.2 Å². The molecule has 2 aliphatic heterocycles. The molecule has 2 heterocycles. The normalized spacial score (nSPS) is 26.7. The Kier molecular flexibility index (Phi) is 7.67. The lowest BCUT2D eigenvalue weighted by molar-refractivity contribution is -0.137. The highest BCUT2D eigenvalue weighted by Crippen LogP contribution is 2.41. The molecule has 1 aromatic rings. The highest BCUT2D eigenvalue weighted by molar-refractivity contribution is 9.10. The number of halogens is 1. The number of hydrogen-bond donors (Lipinski definition) is 2. The van der Waals surface area contributed by atoms with E-state index in [-0.39, 0.29) is 30.6 Å². The number of fused-ring (bicyclic) bond motifs is 2. The molecular weight excluding hydrogens is 458 g/mol. The fourth-order valence-electron chi connectivity index (χ4n) is 3.99. The van der Waals surface area contributed by atoms with Gasteiger partial charge < -0.3 is 9.84 Å². The molecule has 1 aromatic carbocycles. The maximum atomic E-state index is 12.6. The van der Waals surface area contributed by atoms with Crippen molar-refractivity contribution in [2.45, 2.75) is 56.8 Å². The van der Waals surface area contributed by atoms with E-state index in [1.54, 1.807) is 6.08 Å². The van der Waals surface area contributed by atoms with Crippen molar-refractivity contribution in [1.82, 2.24) is 4.72 Å². The van der Waals surface area contributed by atoms with Crippen LogP contribution in [0.5, 0.6) is 0 Å². The number of hydrogen-bond acceptors (Lipinski definition) is 4. The first-order valence-electron chi connectivity index (χ1n) is 9.82. The second-order valence-corrected chi connectivity index (χ2v) is 10.0. The maximum Gasteiger partial charge on any atom is 0.303 e. The second kappa shape index (κ2) is 10.0. The summed E-state index contributed by atoms with van der Waals surface area (Å²) in [5.74, 6) is -0.691. The molecule has 2 bridgehead atoms. The number of unbranched alkanes of at least 4 members (excludes halogenated alkanes) is 1. The van der Waals surface area contributed by atoms with Gasteiger partial charge in [-0.1, -0.05) is 40.2 Å². The lowest BCUT2D eigenvalue weighted by Gasteiger charge is -2.27. The first kappa shape index (κ1) is 22.2. The van der Waals surface area contributed by atoms with Crippen LogP contribution in [-0.4, -0.2) is 37.7 Å². The van der Waals surface area contributed by atoms with E-state index in [1.807, 2.05) is 36.4 Å². The Morgan fingerprint density at radius 2 is 2.07 bits per heavy atom. The molecule has 2 aliphatic rings. The molecule has 4 atom stereocenters. The number of allylic oxidation sites excluding steroid dienone is 2. The summed E-state index contributed by atoms with van der Waals surface area (Å²) in [6.45, 7) is 0. The van der Waals surface area contributed by atoms with Crippen molar-refractivity contribution in [3.63, 3.8) is 0 Å². The van der Waals surface area contributed by atoms with Crippen LogP contribution < -0.4 is 4.72 Å². The molecule has 2 fully saturated rings. The summed E-state index contributed by atoms with van der Waals surface area (Å²) < 4.78 is 34.9. The summed E-state index contributed by atoms with van der Waals surface area (Å²) in [5.41, 5.74) is 0.801. The Morgan fingerprint density at radius 1 is 1.28 bits per heavy atom. The van der Waals surface area contributed by atoms with Gasteiger partial charge in [0.15, 0.2) is 0 Å². The Labute approximate surface area is 180 Å². The largest absolute Gasteiger partial charge is 0.481 e. The Balaban J connectivity index is 1.58. The fraction of sp³-hybridized carbons (Fsp3) is 0.476. The van der Waals surface area contributed by atoms with Gasteiger partial charge in [-0.3, -0.25) is 4.79 Å². The zero-order valence-electron chi connectivity index (χ0n) is 16.0. The topological polar surface area (TPSA) is 92.7 Å². The highest BCUT2D eigenvalue weighted by atomic mass is 79.9. The smallest absolute Gasteiger partial charge is 0.303 e. The molecule has 0 radical (unpaired) electrons. The van der Waals surface area contributed by atoms with Gasteiger partial charge in [-0.05, 0) is 55.9 Å². The number of carboxylic acids is 1. The van der Waals surface area contributed by atoms with Gasteiger partial charge in [-0.15, -0.1) is 0 Å². The van der Waals surface area contributed by atoms with Gasteiger partial charge in [0.1, 0.15) is 0 Å². The zero-order valence-corrected chi connectivity index (χ0v) is 18.4. The van der Waals surface area contributed by atoms with Gasteiger partial charge in [0.05, 0.1) is 18.2 Å². The van der Waals surface area contributed by atoms with E-state index in [4.69, 9.17) is 9.84 Å². The third kappa shape index (κ3) is 6.50. The lowest BCUT2D eigenvalue weighted by Crippen LogP contribution is -2.46. The molecule has 0 aliphatic carbocycles. The van der Waals surface area contributed by atoms with Crippen LogP contribution in [0.25, 0.3) is 6.08 Å². The molecule has 8 heteroatoms. The molecular formula is C21H26BrNO5S. The van der Waals surface area contributed by atoms with Crippen molar-refractivity contribution in [3.8, 4) is 0 Å². The zero-order chi connectivity index (χ0) is 20.9. The Bertz CT molecular complexity index is 883. The van der Waals surface area contributed by atoms with Crippen molar-refractivity contribution in [1.29, 1.82) is 0 Å². The minimum Gasteiger partial charge on any atom is -0.481 e. The van der Waals surface area contributed by atoms with Crippen LogP contribution in [0.15, 0.2) is 46.3 Å². The standard InChI is InChI=1S/C21H26BrNO5S/c22-16-7-5-6-15(14-16)12-13-29(26,27)23-21-17(18-10-11-19(21)28-18)8-3-1-2-4-9-20(24)25/h1,3,5-7,12-14,17-19,21,23H,2,4,8-11H2,(H,24,25). The van der Waals surface area contributed by atoms with Crippen LogP contribution in [-0.2, 0) is 19.6 Å². The van der Waals surface area contributed by atoms with E-state index in [0.717, 1.165) is 29.3 Å². The highest BCUT2D eigenvalue weighted by Gasteiger charge is 2.49. The van der Waals surface area contributed by atoms with Gasteiger partial charge in [0, 0.05) is 22.2 Å². The molecule has 0 aromatic heterocycles. The number of ether oxygens (including phenoxy) is 1. The van der Waals surface area contributed by atoms with Crippen LogP contribution >= 0.6 is 15.9 Å². The van der Waals surface area contributed by atoms with Gasteiger partial charge in [0.2, 0.25) is 10.0 Å². The van der Waals surface area contributed by atoms with Crippen molar-refractivity contribution in [3.05, 3.63) is 51.9 Å². The summed E-state index contributed by atoms with van der Waals surface area (Å²) in [6, 6.07) is 7.19. The number of benzene rings is 1. The minimum absolute atomic E-state index is 0.0745. The third-order valence-electron chi connectivity index (χ3n) is 5.35. The molecule has 0 amide bonds. The molecule has 29 heavy (non-hydrogen) atoms. The molecule has 4 unspecified atom stereocenters. The first-order valence-corrected chi connectivity index (χ1v) is 12.2. The van der Waals surface area contributed by atoms with Crippen molar-refractivity contribution >= 4 is 38.0 Å². The van der Waals surface area contributed by atoms with E-state index >= 15 is 0 Å². The average molecular weight is 484 g/mol. The molecule has 0 spiro atoms. The van der Waals surface area contributed by atoms with Crippen molar-refractivity contribution < 1.29 is 23.1 Å². The number of sulfonamides is 1. The quantitative estimate of drug-likeness (QED) is 0.386. The fourth-order valence-corrected chi connectivity index (χ4v) is 5.52. The van der Waals surface area contributed by atoms with Gasteiger partial charge in [-0.25, -0.2) is 13.1 Å². The summed E-state index contributed by atoms with van der Waals surface area (Å²) in [7, 11) is -3.60. The third-order valence-corrected chi connectivity index (χ3v) is 6.94. The summed E-state index contributed by atoms with van der Waals surface area (Å²) in [6.07, 6.45) is 9.59. The monoisotopic (exact) mass is 483 g/mol. The van der Waals surface area contributed by atoms with Crippen molar-refractivity contribution in [2.24, 2.45) is 5.92 Å². The first-order chi connectivity index (χ1) is 13.8. The van der Waals surface area contributed by atoms with Crippen LogP contribution in [0.4, 0.5) is 0 Å². The van der Waals surface area contributed by atoms with Gasteiger partial charge in [0.25, 0.3) is 0 Å². The van der Waals surface area contributed by atoms with E-state index in [2.05, 4.69) is 20.7 Å². The number of carbonyl (C=O) groups is 1. The molecule has 2 saturated heterocycles. The van der Waals surface area contributed by atoms with E-state index in [0.29, 0.717) is 12.8 Å². The van der Waals surface area contributed by atoms with Crippen LogP contribution in [0, 0.1) is 5.92 Å². The Hall–Kier alpha value is -1.48. The molecule has 3 rings (SSSR count). The minimum atomic E-state index is -3.60. The maximum absolute atomic E-state index is 12.6. The second-order valence-electron chi connectivity index (χ2n) is 7.49. The lowest BCUT2D eigenvalue weighted by atomic mass is 9.83. The summed E-state index contributed by atoms with van der Waals surface area (Å²) >= 11 is 3.38. The average Bonchev–Trinajstić information content (AvgIpc) is 3.25. The van der Waals surface area contributed by atoms with Crippen LogP contribution in [0.2, 0.25) is 0 Å². The van der Waals surface area contributed by atoms with E-state index < -0.39 is 16.0 Å². The predicted molar refractivity (Wildman–Crippen MR) is 116 cm³/mol. The van der Waals surface area contributed by atoms with Crippen LogP contribution in [0.3, 0.4) is 0 Å². The van der Waals surface area contributed by atoms with Crippen molar-refractivity contribution in [2.75, 3.05) is 0 Å². The van der Waals surface area contributed by atoms with Crippen LogP contribution in [0.1, 0.15) is 44.1 Å². The molecule has 2 N–H and O–H groups in total. The number of carboxylic acid groups (broad SMARTS) is 1. The van der Waals surface area contributed by atoms with Gasteiger partial charge >= 0.3 is 5.97 Å². The molecule has 6 nitrogen and oxygen atoms in total. The Morgan fingerprint density at radius 3 is 2.83 bits per heavy atom. The number of rotatable bonds is 10. The molecule has 158 valence electrons. The predicted octanol–water partition coefficient (Wildman–Crippen LogP) is 4.09. The van der Waals surface area contributed by atoms with Gasteiger partial charge in [-0.2, -0.15) is 0 Å². The summed E-state index contributed by atoms with van der Waals surface area (Å²) in [4.78, 5) is 10.6.